The molecule has 0 bridgehead atoms. The number of halogens is 1. The maximum absolute atomic E-state index is 12.4. The molecular weight excluding hydrogens is 439 g/mol. The number of carbonyl (C=O) groups excluding carboxylic acids is 2. The molecule has 3 N–H and O–H groups in total. The Labute approximate surface area is 156 Å². The number of amides is 2. The van der Waals surface area contributed by atoms with Crippen LogP contribution < -0.4 is 10.6 Å². The largest absolute Gasteiger partial charge is 0.467 e. The first-order chi connectivity index (χ1) is 12.1. The third kappa shape index (κ3) is 3.90. The van der Waals surface area contributed by atoms with Gasteiger partial charge < -0.3 is 15.1 Å². The van der Waals surface area contributed by atoms with Gasteiger partial charge in [-0.3, -0.25) is 19.4 Å². The number of hydrogen-bond acceptors (Lipinski definition) is 5. The van der Waals surface area contributed by atoms with Gasteiger partial charge in [-0.15, -0.1) is 0 Å². The Morgan fingerprint density at radius 3 is 2.88 bits per heavy atom. The van der Waals surface area contributed by atoms with E-state index in [-0.39, 0.29) is 12.2 Å². The summed E-state index contributed by atoms with van der Waals surface area (Å²) < 4.78 is 7.44. The zero-order valence-electron chi connectivity index (χ0n) is 13.2. The van der Waals surface area contributed by atoms with Crippen molar-refractivity contribution in [1.82, 2.24) is 25.3 Å². The van der Waals surface area contributed by atoms with Crippen molar-refractivity contribution in [3.63, 3.8) is 0 Å². The average molecular weight is 454 g/mol. The smallest absolute Gasteiger partial charge is 0.274 e. The zero-order chi connectivity index (χ0) is 17.8. The van der Waals surface area contributed by atoms with E-state index >= 15 is 0 Å². The molecule has 9 nitrogen and oxygen atoms in total. The van der Waals surface area contributed by atoms with Crippen LogP contribution in [0.3, 0.4) is 0 Å². The second kappa shape index (κ2) is 7.51. The molecule has 3 aromatic rings. The standard InChI is InChI=1S/C15H15IN6O3/c1-2-22-8-11(19-15(24)12-10(16)7-18-20-12)13(21-22)14(23)17-6-9-4-3-5-25-9/h3-5,7-8H,2,6H2,1H3,(H,17,23)(H,18,20)(H,19,24). The molecule has 0 radical (unpaired) electrons. The molecule has 25 heavy (non-hydrogen) atoms. The third-order valence-electron chi connectivity index (χ3n) is 3.37. The summed E-state index contributed by atoms with van der Waals surface area (Å²) >= 11 is 2.00. The first-order valence-electron chi connectivity index (χ1n) is 7.46. The molecule has 3 aromatic heterocycles. The molecule has 3 rings (SSSR count). The summed E-state index contributed by atoms with van der Waals surface area (Å²) in [6, 6.07) is 3.50. The summed E-state index contributed by atoms with van der Waals surface area (Å²) in [5, 5.41) is 16.1. The van der Waals surface area contributed by atoms with Crippen LogP contribution in [0.15, 0.2) is 35.2 Å². The lowest BCUT2D eigenvalue weighted by molar-refractivity contribution is 0.0943. The molecule has 130 valence electrons. The van der Waals surface area contributed by atoms with Crippen LogP contribution in [0.2, 0.25) is 0 Å². The maximum Gasteiger partial charge on any atom is 0.274 e. The number of aryl methyl sites for hydroxylation is 1. The van der Waals surface area contributed by atoms with Crippen LogP contribution in [0.25, 0.3) is 0 Å². The first-order valence-corrected chi connectivity index (χ1v) is 8.54. The van der Waals surface area contributed by atoms with E-state index in [4.69, 9.17) is 4.42 Å². The summed E-state index contributed by atoms with van der Waals surface area (Å²) in [5.41, 5.74) is 0.789. The summed E-state index contributed by atoms with van der Waals surface area (Å²) in [7, 11) is 0. The quantitative estimate of drug-likeness (QED) is 0.493. The normalized spacial score (nSPS) is 10.6. The molecular formula is C15H15IN6O3. The Hall–Kier alpha value is -2.63. The van der Waals surface area contributed by atoms with Gasteiger partial charge in [-0.05, 0) is 41.6 Å². The topological polar surface area (TPSA) is 118 Å². The van der Waals surface area contributed by atoms with Crippen LogP contribution in [0.1, 0.15) is 33.7 Å². The number of anilines is 1. The van der Waals surface area contributed by atoms with E-state index in [1.54, 1.807) is 29.2 Å². The molecule has 0 aliphatic heterocycles. The molecule has 0 aliphatic rings. The second-order valence-electron chi connectivity index (χ2n) is 5.06. The van der Waals surface area contributed by atoms with E-state index in [0.29, 0.717) is 27.3 Å². The van der Waals surface area contributed by atoms with Crippen molar-refractivity contribution in [2.45, 2.75) is 20.0 Å². The van der Waals surface area contributed by atoms with E-state index in [2.05, 4.69) is 25.9 Å². The molecule has 0 atom stereocenters. The van der Waals surface area contributed by atoms with Crippen LogP contribution >= 0.6 is 22.6 Å². The van der Waals surface area contributed by atoms with E-state index in [0.717, 1.165) is 0 Å². The number of H-pyrrole nitrogens is 1. The Bertz CT molecular complexity index is 883. The van der Waals surface area contributed by atoms with Gasteiger partial charge in [0.2, 0.25) is 0 Å². The van der Waals surface area contributed by atoms with Gasteiger partial charge in [0.05, 0.1) is 28.3 Å². The minimum Gasteiger partial charge on any atom is -0.467 e. The molecule has 3 heterocycles. The fourth-order valence-corrected chi connectivity index (χ4v) is 2.63. The zero-order valence-corrected chi connectivity index (χ0v) is 15.4. The second-order valence-corrected chi connectivity index (χ2v) is 6.22. The maximum atomic E-state index is 12.4. The van der Waals surface area contributed by atoms with Crippen LogP contribution in [0.5, 0.6) is 0 Å². The van der Waals surface area contributed by atoms with Crippen LogP contribution in [-0.2, 0) is 13.1 Å². The van der Waals surface area contributed by atoms with Crippen molar-refractivity contribution in [2.24, 2.45) is 0 Å². The third-order valence-corrected chi connectivity index (χ3v) is 4.19. The first kappa shape index (κ1) is 17.2. The molecule has 0 saturated heterocycles. The van der Waals surface area contributed by atoms with E-state index in [1.165, 1.54) is 6.26 Å². The Balaban J connectivity index is 1.77. The van der Waals surface area contributed by atoms with Crippen molar-refractivity contribution < 1.29 is 14.0 Å². The molecule has 0 aliphatic carbocycles. The summed E-state index contributed by atoms with van der Waals surface area (Å²) in [5.74, 6) is -0.170. The monoisotopic (exact) mass is 454 g/mol. The Morgan fingerprint density at radius 2 is 2.24 bits per heavy atom. The number of aromatic nitrogens is 4. The van der Waals surface area contributed by atoms with E-state index < -0.39 is 11.8 Å². The van der Waals surface area contributed by atoms with Gasteiger partial charge in [-0.25, -0.2) is 0 Å². The van der Waals surface area contributed by atoms with Gasteiger partial charge in [0.15, 0.2) is 5.69 Å². The Kier molecular flexibility index (Phi) is 5.16. The average Bonchev–Trinajstić information content (AvgIpc) is 3.33. The highest BCUT2D eigenvalue weighted by Crippen LogP contribution is 2.17. The summed E-state index contributed by atoms with van der Waals surface area (Å²) in [6.45, 7) is 2.69. The highest BCUT2D eigenvalue weighted by atomic mass is 127. The lowest BCUT2D eigenvalue weighted by Gasteiger charge is -2.05. The number of aromatic amines is 1. The fourth-order valence-electron chi connectivity index (χ4n) is 2.12. The lowest BCUT2D eigenvalue weighted by Crippen LogP contribution is -2.25. The molecule has 0 spiro atoms. The van der Waals surface area contributed by atoms with Crippen LogP contribution in [0.4, 0.5) is 5.69 Å². The molecule has 10 heteroatoms. The van der Waals surface area contributed by atoms with Crippen molar-refractivity contribution in [3.05, 3.63) is 51.5 Å². The number of nitrogens with zero attached hydrogens (tertiary/aromatic N) is 3. The molecule has 0 unspecified atom stereocenters. The van der Waals surface area contributed by atoms with Crippen LogP contribution in [-0.4, -0.2) is 31.8 Å². The van der Waals surface area contributed by atoms with Gasteiger partial charge >= 0.3 is 0 Å². The van der Waals surface area contributed by atoms with Crippen molar-refractivity contribution in [3.8, 4) is 0 Å². The van der Waals surface area contributed by atoms with Crippen LogP contribution in [0, 0.1) is 3.57 Å². The van der Waals surface area contributed by atoms with Gasteiger partial charge in [-0.2, -0.15) is 10.2 Å². The number of furan rings is 1. The minimum absolute atomic E-state index is 0.135. The SMILES string of the molecule is CCn1cc(NC(=O)c2[nH]ncc2I)c(C(=O)NCc2ccco2)n1. The summed E-state index contributed by atoms with van der Waals surface area (Å²) in [6.07, 6.45) is 4.69. The van der Waals surface area contributed by atoms with Gasteiger partial charge in [0, 0.05) is 12.7 Å². The van der Waals surface area contributed by atoms with Gasteiger partial charge in [0.1, 0.15) is 11.5 Å². The minimum atomic E-state index is -0.404. The van der Waals surface area contributed by atoms with Crippen molar-refractivity contribution >= 4 is 40.1 Å². The van der Waals surface area contributed by atoms with E-state index in [9.17, 15) is 9.59 Å². The number of rotatable bonds is 6. The number of nitrogens with one attached hydrogen (secondary N) is 3. The highest BCUT2D eigenvalue weighted by molar-refractivity contribution is 14.1. The van der Waals surface area contributed by atoms with Crippen molar-refractivity contribution in [2.75, 3.05) is 5.32 Å². The highest BCUT2D eigenvalue weighted by Gasteiger charge is 2.20. The predicted molar refractivity (Wildman–Crippen MR) is 97.0 cm³/mol. The van der Waals surface area contributed by atoms with Crippen molar-refractivity contribution in [1.29, 1.82) is 0 Å². The van der Waals surface area contributed by atoms with Gasteiger partial charge in [0.25, 0.3) is 11.8 Å². The summed E-state index contributed by atoms with van der Waals surface area (Å²) in [4.78, 5) is 24.8. The molecule has 0 fully saturated rings. The van der Waals surface area contributed by atoms with Gasteiger partial charge in [-0.1, -0.05) is 0 Å². The molecule has 2 amide bonds. The number of hydrogen-bond donors (Lipinski definition) is 3. The van der Waals surface area contributed by atoms with E-state index in [1.807, 2.05) is 29.5 Å². The Morgan fingerprint density at radius 1 is 1.40 bits per heavy atom. The molecule has 0 aromatic carbocycles. The lowest BCUT2D eigenvalue weighted by atomic mass is 10.3. The predicted octanol–water partition coefficient (Wildman–Crippen LogP) is 2.01. The fraction of sp³-hybridized carbons (Fsp3) is 0.200. The number of carbonyl (C=O) groups is 2. The molecule has 0 saturated carbocycles.